The molecule has 24 heavy (non-hydrogen) atoms. The van der Waals surface area contributed by atoms with Crippen molar-refractivity contribution in [1.82, 2.24) is 0 Å². The van der Waals surface area contributed by atoms with Crippen LogP contribution < -0.4 is 0 Å². The molecule has 2 heterocycles. The van der Waals surface area contributed by atoms with E-state index in [1.807, 2.05) is 12.2 Å². The first kappa shape index (κ1) is 18.9. The smallest absolute Gasteiger partial charge is 0.306 e. The molecule has 0 N–H and O–H groups in total. The first-order valence-corrected chi connectivity index (χ1v) is 8.76. The maximum atomic E-state index is 11.7. The maximum absolute atomic E-state index is 11.7. The van der Waals surface area contributed by atoms with Crippen LogP contribution in [-0.2, 0) is 28.5 Å². The molecule has 0 saturated carbocycles. The van der Waals surface area contributed by atoms with Crippen molar-refractivity contribution < 1.29 is 28.5 Å². The normalized spacial score (nSPS) is 30.9. The van der Waals surface area contributed by atoms with Gasteiger partial charge in [0.05, 0.1) is 6.42 Å². The zero-order valence-corrected chi connectivity index (χ0v) is 14.7. The Morgan fingerprint density at radius 1 is 1.42 bits per heavy atom. The highest BCUT2D eigenvalue weighted by molar-refractivity contribution is 5.72. The molecule has 0 unspecified atom stereocenters. The van der Waals surface area contributed by atoms with Gasteiger partial charge in [0, 0.05) is 26.4 Å². The Morgan fingerprint density at radius 2 is 2.21 bits per heavy atom. The van der Waals surface area contributed by atoms with Gasteiger partial charge in [0.2, 0.25) is 0 Å². The van der Waals surface area contributed by atoms with E-state index in [1.54, 1.807) is 7.11 Å². The Labute approximate surface area is 143 Å². The lowest BCUT2D eigenvalue weighted by molar-refractivity contribution is -0.237. The van der Waals surface area contributed by atoms with E-state index < -0.39 is 18.5 Å². The van der Waals surface area contributed by atoms with Crippen molar-refractivity contribution in [3.63, 3.8) is 0 Å². The van der Waals surface area contributed by atoms with E-state index in [1.165, 1.54) is 13.3 Å². The predicted molar refractivity (Wildman–Crippen MR) is 87.1 cm³/mol. The summed E-state index contributed by atoms with van der Waals surface area (Å²) >= 11 is 0. The summed E-state index contributed by atoms with van der Waals surface area (Å²) in [6, 6.07) is 0. The molecule has 0 amide bonds. The van der Waals surface area contributed by atoms with Crippen molar-refractivity contribution in [3.8, 4) is 0 Å². The third-order valence-corrected chi connectivity index (χ3v) is 4.51. The second-order valence-corrected chi connectivity index (χ2v) is 6.40. The van der Waals surface area contributed by atoms with Gasteiger partial charge in [0.25, 0.3) is 0 Å². The van der Waals surface area contributed by atoms with Crippen molar-refractivity contribution >= 4 is 11.9 Å². The zero-order valence-electron chi connectivity index (χ0n) is 14.7. The van der Waals surface area contributed by atoms with E-state index in [-0.39, 0.29) is 30.4 Å². The monoisotopic (exact) mass is 340 g/mol. The molecule has 136 valence electrons. The van der Waals surface area contributed by atoms with Gasteiger partial charge in [-0.3, -0.25) is 9.59 Å². The van der Waals surface area contributed by atoms with Crippen LogP contribution in [0.4, 0.5) is 0 Å². The van der Waals surface area contributed by atoms with Crippen LogP contribution in [0, 0.1) is 5.92 Å². The molecule has 2 rings (SSSR count). The van der Waals surface area contributed by atoms with Crippen LogP contribution >= 0.6 is 0 Å². The number of fused-ring (bicyclic) bond motifs is 1. The van der Waals surface area contributed by atoms with Gasteiger partial charge < -0.3 is 18.9 Å². The van der Waals surface area contributed by atoms with E-state index in [0.717, 1.165) is 19.3 Å². The number of unbranched alkanes of at least 4 members (excludes halogenated alkanes) is 3. The van der Waals surface area contributed by atoms with Crippen LogP contribution in [0.5, 0.6) is 0 Å². The van der Waals surface area contributed by atoms with E-state index in [4.69, 9.17) is 18.9 Å². The molecule has 2 aliphatic rings. The summed E-state index contributed by atoms with van der Waals surface area (Å²) in [7, 11) is 1.56. The molecule has 2 fully saturated rings. The summed E-state index contributed by atoms with van der Waals surface area (Å²) in [5.74, 6) is -0.722. The molecule has 0 aromatic heterocycles. The molecule has 6 heteroatoms. The SMILES string of the molecule is CCCCC/C=C/[C@H](OC(C)=O)[C@H]1O[C@H](OC)C[C@@H]2OC(=O)C[C@H]12. The van der Waals surface area contributed by atoms with Crippen molar-refractivity contribution in [2.45, 2.75) is 77.0 Å². The van der Waals surface area contributed by atoms with Gasteiger partial charge in [-0.25, -0.2) is 0 Å². The van der Waals surface area contributed by atoms with E-state index >= 15 is 0 Å². The van der Waals surface area contributed by atoms with Gasteiger partial charge in [-0.2, -0.15) is 0 Å². The Hall–Kier alpha value is -1.40. The van der Waals surface area contributed by atoms with Crippen LogP contribution in [0.1, 0.15) is 52.4 Å². The third kappa shape index (κ3) is 5.05. The lowest BCUT2D eigenvalue weighted by Gasteiger charge is -2.38. The van der Waals surface area contributed by atoms with Gasteiger partial charge in [0.15, 0.2) is 6.29 Å². The average Bonchev–Trinajstić information content (AvgIpc) is 2.92. The first-order chi connectivity index (χ1) is 11.5. The predicted octanol–water partition coefficient (Wildman–Crippen LogP) is 2.75. The summed E-state index contributed by atoms with van der Waals surface area (Å²) in [6.07, 6.45) is 7.36. The number of ether oxygens (including phenoxy) is 4. The molecular formula is C18H28O6. The minimum Gasteiger partial charge on any atom is -0.462 e. The number of carbonyl (C=O) groups is 2. The second kappa shape index (κ2) is 9.18. The number of hydrogen-bond acceptors (Lipinski definition) is 6. The van der Waals surface area contributed by atoms with Crippen LogP contribution in [0.3, 0.4) is 0 Å². The van der Waals surface area contributed by atoms with E-state index in [9.17, 15) is 9.59 Å². The molecule has 0 radical (unpaired) electrons. The Balaban J connectivity index is 2.09. The molecule has 0 aromatic rings. The van der Waals surface area contributed by atoms with Crippen LogP contribution in [0.25, 0.3) is 0 Å². The van der Waals surface area contributed by atoms with Gasteiger partial charge in [-0.1, -0.05) is 25.8 Å². The number of allylic oxidation sites excluding steroid dienone is 1. The number of rotatable bonds is 8. The number of esters is 2. The number of methoxy groups -OCH3 is 1. The van der Waals surface area contributed by atoms with E-state index in [0.29, 0.717) is 6.42 Å². The standard InChI is InChI=1S/C18H28O6/c1-4-5-6-7-8-9-14(22-12(2)19)18-13-10-16(20)23-15(13)11-17(21-3)24-18/h8-9,13-15,17-18H,4-7,10-11H2,1-3H3/b9-8+/t13-,14-,15-,17-,18-/m0/s1. The summed E-state index contributed by atoms with van der Waals surface area (Å²) < 4.78 is 22.1. The lowest BCUT2D eigenvalue weighted by atomic mass is 9.86. The Bertz CT molecular complexity index is 460. The Kier molecular flexibility index (Phi) is 7.24. The maximum Gasteiger partial charge on any atom is 0.306 e. The van der Waals surface area contributed by atoms with Gasteiger partial charge in [-0.15, -0.1) is 0 Å². The number of carbonyl (C=O) groups excluding carboxylic acids is 2. The van der Waals surface area contributed by atoms with Crippen LogP contribution in [-0.4, -0.2) is 43.7 Å². The van der Waals surface area contributed by atoms with Gasteiger partial charge >= 0.3 is 11.9 Å². The third-order valence-electron chi connectivity index (χ3n) is 4.51. The summed E-state index contributed by atoms with van der Waals surface area (Å²) in [6.45, 7) is 3.53. The molecule has 0 aromatic carbocycles. The fourth-order valence-electron chi connectivity index (χ4n) is 3.32. The van der Waals surface area contributed by atoms with Gasteiger partial charge in [0.1, 0.15) is 18.3 Å². The molecule has 2 aliphatic heterocycles. The zero-order chi connectivity index (χ0) is 17.5. The highest BCUT2D eigenvalue weighted by Crippen LogP contribution is 2.38. The fraction of sp³-hybridized carbons (Fsp3) is 0.778. The molecule has 0 bridgehead atoms. The summed E-state index contributed by atoms with van der Waals surface area (Å²) in [5, 5.41) is 0. The van der Waals surface area contributed by atoms with Crippen molar-refractivity contribution in [2.24, 2.45) is 5.92 Å². The van der Waals surface area contributed by atoms with Crippen LogP contribution in [0.2, 0.25) is 0 Å². The average molecular weight is 340 g/mol. The molecule has 5 atom stereocenters. The van der Waals surface area contributed by atoms with Crippen molar-refractivity contribution in [3.05, 3.63) is 12.2 Å². The molecule has 0 spiro atoms. The van der Waals surface area contributed by atoms with Crippen molar-refractivity contribution in [2.75, 3.05) is 7.11 Å². The molecule has 2 saturated heterocycles. The topological polar surface area (TPSA) is 71.1 Å². The van der Waals surface area contributed by atoms with Gasteiger partial charge in [-0.05, 0) is 18.9 Å². The highest BCUT2D eigenvalue weighted by atomic mass is 16.7. The van der Waals surface area contributed by atoms with Crippen molar-refractivity contribution in [1.29, 1.82) is 0 Å². The molecule has 6 nitrogen and oxygen atoms in total. The van der Waals surface area contributed by atoms with E-state index in [2.05, 4.69) is 6.92 Å². The molecular weight excluding hydrogens is 312 g/mol. The largest absolute Gasteiger partial charge is 0.462 e. The quantitative estimate of drug-likeness (QED) is 0.384. The number of hydrogen-bond donors (Lipinski definition) is 0. The lowest BCUT2D eigenvalue weighted by Crippen LogP contribution is -2.49. The summed E-state index contributed by atoms with van der Waals surface area (Å²) in [4.78, 5) is 23.2. The Morgan fingerprint density at radius 3 is 2.88 bits per heavy atom. The first-order valence-electron chi connectivity index (χ1n) is 8.76. The highest BCUT2D eigenvalue weighted by Gasteiger charge is 2.49. The second-order valence-electron chi connectivity index (χ2n) is 6.40. The van der Waals surface area contributed by atoms with Crippen LogP contribution in [0.15, 0.2) is 12.2 Å². The minimum atomic E-state index is -0.538. The fourth-order valence-corrected chi connectivity index (χ4v) is 3.32. The summed E-state index contributed by atoms with van der Waals surface area (Å²) in [5.41, 5.74) is 0. The minimum absolute atomic E-state index is 0.117. The molecule has 0 aliphatic carbocycles.